The van der Waals surface area contributed by atoms with E-state index < -0.39 is 18.6 Å². The number of hydrazine groups is 1. The number of aromatic nitrogens is 4. The number of nitrogens with zero attached hydrogens (tertiary/aromatic N) is 3. The number of nitrogens with two attached hydrogens (primary N) is 1. The van der Waals surface area contributed by atoms with Crippen LogP contribution in [-0.4, -0.2) is 32.4 Å². The monoisotopic (exact) mass is 275 g/mol. The van der Waals surface area contributed by atoms with E-state index >= 15 is 0 Å². The van der Waals surface area contributed by atoms with Crippen LogP contribution in [0.2, 0.25) is 0 Å². The molecule has 0 amide bonds. The van der Waals surface area contributed by atoms with Crippen molar-refractivity contribution < 1.29 is 13.2 Å². The van der Waals surface area contributed by atoms with E-state index in [1.165, 1.54) is 13.1 Å². The second-order valence-electron chi connectivity index (χ2n) is 4.04. The highest BCUT2D eigenvalue weighted by molar-refractivity contribution is 5.87. The zero-order valence-corrected chi connectivity index (χ0v) is 9.91. The van der Waals surface area contributed by atoms with Crippen molar-refractivity contribution in [3.8, 4) is 0 Å². The Bertz CT molecular complexity index is 564. The number of fused-ring (bicyclic) bond motifs is 1. The van der Waals surface area contributed by atoms with E-state index in [0.717, 1.165) is 0 Å². The van der Waals surface area contributed by atoms with Gasteiger partial charge in [-0.1, -0.05) is 0 Å². The van der Waals surface area contributed by atoms with Crippen LogP contribution in [0, 0.1) is 0 Å². The average Bonchev–Trinajstić information content (AvgIpc) is 2.74. The van der Waals surface area contributed by atoms with E-state index in [1.54, 1.807) is 0 Å². The van der Waals surface area contributed by atoms with E-state index in [4.69, 9.17) is 5.84 Å². The second kappa shape index (κ2) is 4.88. The lowest BCUT2D eigenvalue weighted by Gasteiger charge is -2.17. The lowest BCUT2D eigenvalue weighted by molar-refractivity contribution is -0.136. The Morgan fingerprint density at radius 1 is 1.42 bits per heavy atom. The van der Waals surface area contributed by atoms with Crippen LogP contribution in [-0.2, 0) is 0 Å². The molecule has 2 aromatic rings. The lowest BCUT2D eigenvalue weighted by Crippen LogP contribution is -2.24. The first-order valence-electron chi connectivity index (χ1n) is 5.40. The maximum Gasteiger partial charge on any atom is 0.391 e. The maximum atomic E-state index is 12.3. The molecule has 0 aliphatic heterocycles. The maximum absolute atomic E-state index is 12.3. The summed E-state index contributed by atoms with van der Waals surface area (Å²) in [6.45, 7) is 1.41. The predicted molar refractivity (Wildman–Crippen MR) is 63.3 cm³/mol. The molecule has 0 bridgehead atoms. The first-order chi connectivity index (χ1) is 8.89. The molecule has 2 rings (SSSR count). The third-order valence-electron chi connectivity index (χ3n) is 2.36. The molecule has 7 nitrogen and oxygen atoms in total. The molecule has 0 spiro atoms. The molecule has 2 aromatic heterocycles. The van der Waals surface area contributed by atoms with E-state index in [-0.39, 0.29) is 11.8 Å². The van der Waals surface area contributed by atoms with Gasteiger partial charge in [0.05, 0.1) is 18.0 Å². The van der Waals surface area contributed by atoms with E-state index in [2.05, 4.69) is 30.9 Å². The van der Waals surface area contributed by atoms with Crippen molar-refractivity contribution in [2.75, 3.05) is 10.7 Å². The average molecular weight is 275 g/mol. The van der Waals surface area contributed by atoms with Crippen LogP contribution >= 0.6 is 0 Å². The SMILES string of the molecule is CC(CC(F)(F)F)Nc1nc(NN)nc2[nH]ncc12. The number of aromatic amines is 1. The smallest absolute Gasteiger partial charge is 0.366 e. The van der Waals surface area contributed by atoms with Gasteiger partial charge in [0.25, 0.3) is 0 Å². The second-order valence-corrected chi connectivity index (χ2v) is 4.04. The summed E-state index contributed by atoms with van der Waals surface area (Å²) < 4.78 is 36.9. The number of rotatable bonds is 4. The Morgan fingerprint density at radius 2 is 2.16 bits per heavy atom. The molecule has 0 saturated heterocycles. The highest BCUT2D eigenvalue weighted by Crippen LogP contribution is 2.25. The van der Waals surface area contributed by atoms with E-state index in [1.807, 2.05) is 0 Å². The number of anilines is 2. The van der Waals surface area contributed by atoms with Crippen LogP contribution in [0.5, 0.6) is 0 Å². The summed E-state index contributed by atoms with van der Waals surface area (Å²) in [6.07, 6.45) is -3.79. The Kier molecular flexibility index (Phi) is 3.42. The number of halogens is 3. The lowest BCUT2D eigenvalue weighted by atomic mass is 10.2. The molecule has 0 aliphatic carbocycles. The Balaban J connectivity index is 2.26. The molecule has 1 atom stereocenters. The summed E-state index contributed by atoms with van der Waals surface area (Å²) in [5.74, 6) is 5.52. The molecule has 19 heavy (non-hydrogen) atoms. The summed E-state index contributed by atoms with van der Waals surface area (Å²) in [7, 11) is 0. The Labute approximate surface area is 105 Å². The summed E-state index contributed by atoms with van der Waals surface area (Å²) in [5, 5.41) is 9.53. The Morgan fingerprint density at radius 3 is 2.79 bits per heavy atom. The van der Waals surface area contributed by atoms with Crippen molar-refractivity contribution in [1.29, 1.82) is 0 Å². The minimum Gasteiger partial charge on any atom is -0.366 e. The number of alkyl halides is 3. The number of H-pyrrole nitrogens is 1. The summed E-state index contributed by atoms with van der Waals surface area (Å²) in [4.78, 5) is 7.94. The molecule has 0 radical (unpaired) electrons. The van der Waals surface area contributed by atoms with Gasteiger partial charge in [-0.15, -0.1) is 0 Å². The van der Waals surface area contributed by atoms with Crippen LogP contribution in [0.4, 0.5) is 24.9 Å². The fraction of sp³-hybridized carbons (Fsp3) is 0.444. The zero-order chi connectivity index (χ0) is 14.0. The molecule has 10 heteroatoms. The third kappa shape index (κ3) is 3.22. The third-order valence-corrected chi connectivity index (χ3v) is 2.36. The van der Waals surface area contributed by atoms with Gasteiger partial charge >= 0.3 is 6.18 Å². The number of hydrogen-bond acceptors (Lipinski definition) is 6. The van der Waals surface area contributed by atoms with Gasteiger partial charge in [0.2, 0.25) is 5.95 Å². The van der Waals surface area contributed by atoms with Gasteiger partial charge in [0.1, 0.15) is 5.82 Å². The Hall–Kier alpha value is -2.10. The predicted octanol–water partition coefficient (Wildman–Crippen LogP) is 1.39. The highest BCUT2D eigenvalue weighted by atomic mass is 19.4. The fourth-order valence-electron chi connectivity index (χ4n) is 1.64. The van der Waals surface area contributed by atoms with Crippen molar-refractivity contribution in [3.63, 3.8) is 0 Å². The van der Waals surface area contributed by atoms with Gasteiger partial charge < -0.3 is 5.32 Å². The molecular weight excluding hydrogens is 263 g/mol. The normalized spacial score (nSPS) is 13.5. The van der Waals surface area contributed by atoms with E-state index in [9.17, 15) is 13.2 Å². The summed E-state index contributed by atoms with van der Waals surface area (Å²) in [6, 6.07) is -0.835. The van der Waals surface area contributed by atoms with Gasteiger partial charge in [-0.05, 0) is 6.92 Å². The summed E-state index contributed by atoms with van der Waals surface area (Å²) in [5.41, 5.74) is 2.62. The topological polar surface area (TPSA) is 105 Å². The summed E-state index contributed by atoms with van der Waals surface area (Å²) >= 11 is 0. The molecule has 2 heterocycles. The van der Waals surface area contributed by atoms with E-state index in [0.29, 0.717) is 11.0 Å². The first kappa shape index (κ1) is 13.3. The quantitative estimate of drug-likeness (QED) is 0.496. The molecule has 104 valence electrons. The number of nitrogen functional groups attached to an aromatic ring is 1. The van der Waals surface area contributed by atoms with Crippen LogP contribution < -0.4 is 16.6 Å². The van der Waals surface area contributed by atoms with Crippen LogP contribution in [0.25, 0.3) is 11.0 Å². The standard InChI is InChI=1S/C9H12F3N7/c1-4(2-9(10,11)12)15-6-5-3-14-19-7(5)17-8(16-6)18-13/h3-4H,2,13H2,1H3,(H3,14,15,16,17,18,19). The van der Waals surface area contributed by atoms with Crippen LogP contribution in [0.1, 0.15) is 13.3 Å². The molecule has 0 saturated carbocycles. The van der Waals surface area contributed by atoms with Crippen molar-refractivity contribution in [1.82, 2.24) is 20.2 Å². The number of hydrogen-bond donors (Lipinski definition) is 4. The van der Waals surface area contributed by atoms with Gasteiger partial charge in [0, 0.05) is 6.04 Å². The van der Waals surface area contributed by atoms with Crippen molar-refractivity contribution in [3.05, 3.63) is 6.20 Å². The molecule has 1 unspecified atom stereocenters. The van der Waals surface area contributed by atoms with Gasteiger partial charge in [-0.25, -0.2) is 5.84 Å². The number of nitrogens with one attached hydrogen (secondary N) is 3. The van der Waals surface area contributed by atoms with Crippen LogP contribution in [0.15, 0.2) is 6.20 Å². The molecule has 0 fully saturated rings. The fourth-order valence-corrected chi connectivity index (χ4v) is 1.64. The van der Waals surface area contributed by atoms with Gasteiger partial charge in [-0.3, -0.25) is 10.5 Å². The zero-order valence-electron chi connectivity index (χ0n) is 9.91. The molecule has 5 N–H and O–H groups in total. The highest BCUT2D eigenvalue weighted by Gasteiger charge is 2.30. The van der Waals surface area contributed by atoms with Gasteiger partial charge in [-0.2, -0.15) is 28.2 Å². The van der Waals surface area contributed by atoms with Crippen molar-refractivity contribution in [2.45, 2.75) is 25.6 Å². The minimum absolute atomic E-state index is 0.0819. The van der Waals surface area contributed by atoms with Crippen molar-refractivity contribution >= 4 is 22.8 Å². The first-order valence-corrected chi connectivity index (χ1v) is 5.40. The van der Waals surface area contributed by atoms with Crippen molar-refractivity contribution in [2.24, 2.45) is 5.84 Å². The minimum atomic E-state index is -4.25. The van der Waals surface area contributed by atoms with Crippen LogP contribution in [0.3, 0.4) is 0 Å². The largest absolute Gasteiger partial charge is 0.391 e. The molecule has 0 aromatic carbocycles. The molecule has 0 aliphatic rings. The van der Waals surface area contributed by atoms with Gasteiger partial charge in [0.15, 0.2) is 5.65 Å². The molecular formula is C9H12F3N7.